The second kappa shape index (κ2) is 4.25. The summed E-state index contributed by atoms with van der Waals surface area (Å²) >= 11 is 0. The number of hydrogen-bond acceptors (Lipinski definition) is 4. The van der Waals surface area contributed by atoms with Crippen molar-refractivity contribution in [3.8, 4) is 0 Å². The minimum atomic E-state index is -3.13. The molecule has 4 nitrogen and oxygen atoms in total. The average molecular weight is 194 g/mol. The van der Waals surface area contributed by atoms with Gasteiger partial charge in [0.25, 0.3) is 0 Å². The maximum Gasteiger partial charge on any atom is 0.456 e. The third kappa shape index (κ3) is 4.74. The van der Waals surface area contributed by atoms with Crippen LogP contribution >= 0.6 is 0 Å². The van der Waals surface area contributed by atoms with Crippen molar-refractivity contribution < 1.29 is 18.5 Å². The molecule has 2 N–H and O–H groups in total. The summed E-state index contributed by atoms with van der Waals surface area (Å²) in [5, 5.41) is 17.7. The van der Waals surface area contributed by atoms with E-state index < -0.39 is 22.8 Å². The predicted octanol–water partition coefficient (Wildman–Crippen LogP) is -0.470. The highest BCUT2D eigenvalue weighted by atomic mass is 32.2. The van der Waals surface area contributed by atoms with Crippen LogP contribution in [0.2, 0.25) is 5.82 Å². The minimum Gasteiger partial charge on any atom is -0.427 e. The van der Waals surface area contributed by atoms with Gasteiger partial charge in [-0.25, -0.2) is 8.42 Å². The van der Waals surface area contributed by atoms with Gasteiger partial charge in [0.2, 0.25) is 0 Å². The molecule has 0 bridgehead atoms. The van der Waals surface area contributed by atoms with Gasteiger partial charge in [-0.05, 0) is 5.92 Å². The van der Waals surface area contributed by atoms with Crippen molar-refractivity contribution >= 4 is 17.0 Å². The molecule has 72 valence electrons. The number of hydrogen-bond donors (Lipinski definition) is 2. The Bertz CT molecular complexity index is 214. The first-order chi connectivity index (χ1) is 5.24. The van der Waals surface area contributed by atoms with E-state index >= 15 is 0 Å². The van der Waals surface area contributed by atoms with Crippen molar-refractivity contribution in [3.05, 3.63) is 0 Å². The number of rotatable bonds is 4. The molecule has 0 saturated carbocycles. The summed E-state index contributed by atoms with van der Waals surface area (Å²) < 4.78 is 21.7. The van der Waals surface area contributed by atoms with E-state index in [1.807, 2.05) is 0 Å². The minimum absolute atomic E-state index is 0.0558. The van der Waals surface area contributed by atoms with Crippen molar-refractivity contribution in [1.29, 1.82) is 0 Å². The lowest BCUT2D eigenvalue weighted by molar-refractivity contribution is 0.367. The summed E-state index contributed by atoms with van der Waals surface area (Å²) in [4.78, 5) is 0. The Hall–Kier alpha value is -0.0651. The Morgan fingerprint density at radius 3 is 1.83 bits per heavy atom. The molecule has 0 saturated heterocycles. The van der Waals surface area contributed by atoms with Gasteiger partial charge in [-0.15, -0.1) is 0 Å². The summed E-state index contributed by atoms with van der Waals surface area (Å²) in [6.45, 7) is 3.52. The molecule has 0 aromatic carbocycles. The SMILES string of the molecule is CC(C)[C@H](CS(C)(=O)=O)B(O)O. The van der Waals surface area contributed by atoms with Crippen LogP contribution in [0.5, 0.6) is 0 Å². The van der Waals surface area contributed by atoms with Crippen molar-refractivity contribution in [3.63, 3.8) is 0 Å². The van der Waals surface area contributed by atoms with Crippen molar-refractivity contribution in [2.24, 2.45) is 5.92 Å². The highest BCUT2D eigenvalue weighted by Crippen LogP contribution is 2.20. The molecular weight excluding hydrogens is 179 g/mol. The lowest BCUT2D eigenvalue weighted by atomic mass is 9.68. The maximum absolute atomic E-state index is 10.8. The highest BCUT2D eigenvalue weighted by Gasteiger charge is 2.29. The third-order valence-corrected chi connectivity index (χ3v) is 2.72. The summed E-state index contributed by atoms with van der Waals surface area (Å²) in [6.07, 6.45) is 1.09. The van der Waals surface area contributed by atoms with Crippen molar-refractivity contribution in [1.82, 2.24) is 0 Å². The van der Waals surface area contributed by atoms with E-state index in [1.165, 1.54) is 0 Å². The maximum atomic E-state index is 10.8. The van der Waals surface area contributed by atoms with E-state index in [0.29, 0.717) is 0 Å². The zero-order chi connectivity index (χ0) is 9.94. The van der Waals surface area contributed by atoms with Crippen LogP contribution in [0.3, 0.4) is 0 Å². The monoisotopic (exact) mass is 194 g/mol. The van der Waals surface area contributed by atoms with Crippen molar-refractivity contribution in [2.75, 3.05) is 12.0 Å². The molecule has 6 heteroatoms. The molecule has 0 heterocycles. The standard InChI is InChI=1S/C6H15BO4S/c1-5(2)6(7(8)9)4-12(3,10)11/h5-6,8-9H,4H2,1-3H3/t6-/m0/s1. The van der Waals surface area contributed by atoms with Crippen LogP contribution in [0.1, 0.15) is 13.8 Å². The first-order valence-electron chi connectivity index (χ1n) is 3.78. The van der Waals surface area contributed by atoms with E-state index in [2.05, 4.69) is 0 Å². The molecule has 1 atom stereocenters. The van der Waals surface area contributed by atoms with E-state index in [4.69, 9.17) is 10.0 Å². The number of sulfone groups is 1. The summed E-state index contributed by atoms with van der Waals surface area (Å²) in [7, 11) is -4.69. The van der Waals surface area contributed by atoms with Crippen molar-refractivity contribution in [2.45, 2.75) is 19.7 Å². The fourth-order valence-corrected chi connectivity index (χ4v) is 2.23. The summed E-state index contributed by atoms with van der Waals surface area (Å²) in [5.74, 6) is -0.831. The highest BCUT2D eigenvalue weighted by molar-refractivity contribution is 7.90. The van der Waals surface area contributed by atoms with Gasteiger partial charge in [0.15, 0.2) is 0 Å². The summed E-state index contributed by atoms with van der Waals surface area (Å²) in [6, 6.07) is 0. The third-order valence-electron chi connectivity index (χ3n) is 1.73. The second-order valence-corrected chi connectivity index (χ2v) is 5.60. The molecule has 0 aliphatic heterocycles. The molecule has 0 aromatic heterocycles. The Kier molecular flexibility index (Phi) is 4.23. The smallest absolute Gasteiger partial charge is 0.427 e. The molecular formula is C6H15BO4S. The van der Waals surface area contributed by atoms with Crippen LogP contribution < -0.4 is 0 Å². The quantitative estimate of drug-likeness (QED) is 0.593. The molecule has 0 unspecified atom stereocenters. The first-order valence-corrected chi connectivity index (χ1v) is 5.84. The molecule has 0 radical (unpaired) electrons. The fourth-order valence-electron chi connectivity index (χ4n) is 0.972. The van der Waals surface area contributed by atoms with Crippen LogP contribution in [0.15, 0.2) is 0 Å². The zero-order valence-electron chi connectivity index (χ0n) is 7.56. The zero-order valence-corrected chi connectivity index (χ0v) is 8.37. The Balaban J connectivity index is 4.35. The van der Waals surface area contributed by atoms with Crippen LogP contribution in [-0.4, -0.2) is 37.6 Å². The Morgan fingerprint density at radius 2 is 1.75 bits per heavy atom. The largest absolute Gasteiger partial charge is 0.456 e. The average Bonchev–Trinajstić information content (AvgIpc) is 1.79. The second-order valence-electron chi connectivity index (χ2n) is 3.41. The van der Waals surface area contributed by atoms with E-state index in [1.54, 1.807) is 13.8 Å². The van der Waals surface area contributed by atoms with Crippen LogP contribution in [0.25, 0.3) is 0 Å². The van der Waals surface area contributed by atoms with E-state index in [9.17, 15) is 8.42 Å². The fraction of sp³-hybridized carbons (Fsp3) is 1.00. The molecule has 0 amide bonds. The van der Waals surface area contributed by atoms with Gasteiger partial charge in [0.1, 0.15) is 9.84 Å². The molecule has 0 aliphatic carbocycles. The van der Waals surface area contributed by atoms with Gasteiger partial charge in [-0.1, -0.05) is 13.8 Å². The normalized spacial score (nSPS) is 14.8. The first kappa shape index (κ1) is 11.9. The van der Waals surface area contributed by atoms with Gasteiger partial charge in [0, 0.05) is 12.1 Å². The van der Waals surface area contributed by atoms with Gasteiger partial charge >= 0.3 is 7.12 Å². The summed E-state index contributed by atoms with van der Waals surface area (Å²) in [5.41, 5.74) is 0. The molecule has 0 aliphatic rings. The van der Waals surface area contributed by atoms with Gasteiger partial charge in [0.05, 0.1) is 5.75 Å². The lowest BCUT2D eigenvalue weighted by Crippen LogP contribution is -2.30. The van der Waals surface area contributed by atoms with Crippen LogP contribution in [0.4, 0.5) is 0 Å². The lowest BCUT2D eigenvalue weighted by Gasteiger charge is -2.18. The Labute approximate surface area is 73.7 Å². The van der Waals surface area contributed by atoms with Gasteiger partial charge in [-0.3, -0.25) is 0 Å². The Morgan fingerprint density at radius 1 is 1.33 bits per heavy atom. The van der Waals surface area contributed by atoms with Gasteiger partial charge in [-0.2, -0.15) is 0 Å². The molecule has 12 heavy (non-hydrogen) atoms. The van der Waals surface area contributed by atoms with E-state index in [0.717, 1.165) is 6.26 Å². The van der Waals surface area contributed by atoms with Crippen LogP contribution in [0, 0.1) is 5.92 Å². The van der Waals surface area contributed by atoms with Gasteiger partial charge < -0.3 is 10.0 Å². The predicted molar refractivity (Wildman–Crippen MR) is 48.5 cm³/mol. The topological polar surface area (TPSA) is 74.6 Å². The molecule has 0 rings (SSSR count). The van der Waals surface area contributed by atoms with Crippen LogP contribution in [-0.2, 0) is 9.84 Å². The molecule has 0 aromatic rings. The molecule has 0 spiro atoms. The van der Waals surface area contributed by atoms with E-state index in [-0.39, 0.29) is 11.7 Å². The molecule has 0 fully saturated rings.